The van der Waals surface area contributed by atoms with E-state index in [1.807, 2.05) is 0 Å². The monoisotopic (exact) mass is 313 g/mol. The Labute approximate surface area is 133 Å². The zero-order valence-corrected chi connectivity index (χ0v) is 13.0. The van der Waals surface area contributed by atoms with Crippen LogP contribution in [0.4, 0.5) is 11.4 Å². The van der Waals surface area contributed by atoms with E-state index in [0.717, 1.165) is 0 Å². The number of benzene rings is 2. The first-order valence-electron chi connectivity index (χ1n) is 6.89. The number of fused-ring (bicyclic) bond motifs is 1. The van der Waals surface area contributed by atoms with Crippen LogP contribution in [-0.2, 0) is 4.79 Å². The molecule has 6 heteroatoms. The van der Waals surface area contributed by atoms with Gasteiger partial charge in [0.25, 0.3) is 5.78 Å². The van der Waals surface area contributed by atoms with Gasteiger partial charge in [-0.15, -0.1) is 0 Å². The largest absolute Gasteiger partial charge is 0.497 e. The van der Waals surface area contributed by atoms with Gasteiger partial charge in [-0.2, -0.15) is 0 Å². The van der Waals surface area contributed by atoms with Crippen LogP contribution in [0.1, 0.15) is 10.4 Å². The second-order valence-electron chi connectivity index (χ2n) is 4.89. The minimum Gasteiger partial charge on any atom is -0.497 e. The minimum atomic E-state index is -0.628. The molecule has 1 heterocycles. The molecule has 23 heavy (non-hydrogen) atoms. The second kappa shape index (κ2) is 5.64. The van der Waals surface area contributed by atoms with Gasteiger partial charge < -0.3 is 14.2 Å². The molecule has 0 spiro atoms. The summed E-state index contributed by atoms with van der Waals surface area (Å²) in [5.41, 5.74) is 1.30. The van der Waals surface area contributed by atoms with E-state index in [4.69, 9.17) is 14.2 Å². The normalized spacial score (nSPS) is 13.1. The zero-order valence-electron chi connectivity index (χ0n) is 13.0. The molecule has 0 atom stereocenters. The molecule has 0 bridgehead atoms. The fourth-order valence-electron chi connectivity index (χ4n) is 2.55. The van der Waals surface area contributed by atoms with Crippen LogP contribution in [0.3, 0.4) is 0 Å². The summed E-state index contributed by atoms with van der Waals surface area (Å²) in [6, 6.07) is 9.99. The number of Topliss-reactive ketones (excluding diaryl/α,β-unsaturated/α-hetero) is 1. The third-order valence-corrected chi connectivity index (χ3v) is 3.71. The lowest BCUT2D eigenvalue weighted by atomic mass is 10.1. The van der Waals surface area contributed by atoms with Gasteiger partial charge in [0.05, 0.1) is 38.3 Å². The Balaban J connectivity index is 2.15. The highest BCUT2D eigenvalue weighted by Crippen LogP contribution is 2.42. The molecule has 2 aromatic carbocycles. The van der Waals surface area contributed by atoms with Gasteiger partial charge in [0.1, 0.15) is 17.2 Å². The Hall–Kier alpha value is -3.02. The highest BCUT2D eigenvalue weighted by Gasteiger charge is 2.38. The van der Waals surface area contributed by atoms with Crippen LogP contribution in [-0.4, -0.2) is 33.0 Å². The molecule has 2 aromatic rings. The van der Waals surface area contributed by atoms with Gasteiger partial charge in [0, 0.05) is 6.07 Å². The second-order valence-corrected chi connectivity index (χ2v) is 4.89. The minimum absolute atomic E-state index is 0.312. The molecule has 0 fully saturated rings. The number of ether oxygens (including phenoxy) is 3. The molecular weight excluding hydrogens is 298 g/mol. The first kappa shape index (κ1) is 14.9. The zero-order chi connectivity index (χ0) is 16.6. The Morgan fingerprint density at radius 2 is 1.39 bits per heavy atom. The standard InChI is InChI=1S/C17H15NO5/c1-21-10-4-6-13-12(8-10)16(19)17(20)18(13)14-7-5-11(22-2)9-15(14)23-3/h4-9H,1-3H3. The molecule has 0 saturated carbocycles. The number of hydrogen-bond acceptors (Lipinski definition) is 5. The predicted molar refractivity (Wildman–Crippen MR) is 84.0 cm³/mol. The summed E-state index contributed by atoms with van der Waals surface area (Å²) >= 11 is 0. The van der Waals surface area contributed by atoms with Crippen molar-refractivity contribution in [1.29, 1.82) is 0 Å². The van der Waals surface area contributed by atoms with Crippen molar-refractivity contribution in [2.75, 3.05) is 26.2 Å². The predicted octanol–water partition coefficient (Wildman–Crippen LogP) is 2.57. The molecule has 1 aliphatic rings. The fourth-order valence-corrected chi connectivity index (χ4v) is 2.55. The Morgan fingerprint density at radius 3 is 2.00 bits per heavy atom. The van der Waals surface area contributed by atoms with E-state index < -0.39 is 11.7 Å². The van der Waals surface area contributed by atoms with E-state index in [9.17, 15) is 9.59 Å². The summed E-state index contributed by atoms with van der Waals surface area (Å²) in [6.45, 7) is 0. The summed E-state index contributed by atoms with van der Waals surface area (Å²) in [5, 5.41) is 0. The lowest BCUT2D eigenvalue weighted by molar-refractivity contribution is -0.113. The van der Waals surface area contributed by atoms with Gasteiger partial charge in [0.15, 0.2) is 0 Å². The quantitative estimate of drug-likeness (QED) is 0.812. The van der Waals surface area contributed by atoms with E-state index in [0.29, 0.717) is 34.2 Å². The molecule has 6 nitrogen and oxygen atoms in total. The van der Waals surface area contributed by atoms with Crippen molar-refractivity contribution in [3.8, 4) is 17.2 Å². The SMILES string of the molecule is COc1ccc(N2C(=O)C(=O)c3cc(OC)ccc32)c(OC)c1. The Bertz CT molecular complexity index is 800. The van der Waals surface area contributed by atoms with Crippen LogP contribution < -0.4 is 19.1 Å². The molecule has 118 valence electrons. The summed E-state index contributed by atoms with van der Waals surface area (Å²) in [4.78, 5) is 26.0. The van der Waals surface area contributed by atoms with Crippen molar-refractivity contribution in [2.45, 2.75) is 0 Å². The van der Waals surface area contributed by atoms with Crippen molar-refractivity contribution >= 4 is 23.1 Å². The van der Waals surface area contributed by atoms with Gasteiger partial charge in [-0.25, -0.2) is 0 Å². The van der Waals surface area contributed by atoms with E-state index in [1.165, 1.54) is 19.1 Å². The molecule has 0 radical (unpaired) electrons. The van der Waals surface area contributed by atoms with Gasteiger partial charge in [-0.05, 0) is 30.3 Å². The molecule has 1 amide bonds. The van der Waals surface area contributed by atoms with Gasteiger partial charge in [-0.3, -0.25) is 14.5 Å². The summed E-state index contributed by atoms with van der Waals surface area (Å²) in [5.74, 6) is 0.356. The number of carbonyl (C=O) groups is 2. The maximum absolute atomic E-state index is 12.4. The van der Waals surface area contributed by atoms with Crippen LogP contribution in [0.15, 0.2) is 36.4 Å². The first-order chi connectivity index (χ1) is 11.1. The molecular formula is C17H15NO5. The smallest absolute Gasteiger partial charge is 0.304 e. The average Bonchev–Trinajstić information content (AvgIpc) is 2.85. The van der Waals surface area contributed by atoms with Crippen LogP contribution >= 0.6 is 0 Å². The third kappa shape index (κ3) is 2.28. The number of hydrogen-bond donors (Lipinski definition) is 0. The molecule has 0 saturated heterocycles. The lowest BCUT2D eigenvalue weighted by Gasteiger charge is -2.20. The molecule has 0 aliphatic carbocycles. The van der Waals surface area contributed by atoms with Crippen LogP contribution in [0.2, 0.25) is 0 Å². The third-order valence-electron chi connectivity index (χ3n) is 3.71. The lowest BCUT2D eigenvalue weighted by Crippen LogP contribution is -2.25. The molecule has 0 aromatic heterocycles. The van der Waals surface area contributed by atoms with Crippen LogP contribution in [0.5, 0.6) is 17.2 Å². The van der Waals surface area contributed by atoms with Gasteiger partial charge in [-0.1, -0.05) is 0 Å². The number of carbonyl (C=O) groups excluding carboxylic acids is 2. The highest BCUT2D eigenvalue weighted by atomic mass is 16.5. The Morgan fingerprint density at radius 1 is 0.783 bits per heavy atom. The van der Waals surface area contributed by atoms with Gasteiger partial charge in [0.2, 0.25) is 0 Å². The molecule has 0 unspecified atom stereocenters. The summed E-state index contributed by atoms with van der Waals surface area (Å²) in [7, 11) is 4.55. The van der Waals surface area contributed by atoms with Crippen molar-refractivity contribution in [3.63, 3.8) is 0 Å². The Kier molecular flexibility index (Phi) is 3.65. The maximum Gasteiger partial charge on any atom is 0.304 e. The van der Waals surface area contributed by atoms with Gasteiger partial charge >= 0.3 is 5.91 Å². The van der Waals surface area contributed by atoms with E-state index in [-0.39, 0.29) is 0 Å². The maximum atomic E-state index is 12.4. The molecule has 0 N–H and O–H groups in total. The number of amides is 1. The number of rotatable bonds is 4. The highest BCUT2D eigenvalue weighted by molar-refractivity contribution is 6.53. The number of nitrogens with zero attached hydrogens (tertiary/aromatic N) is 1. The summed E-state index contributed by atoms with van der Waals surface area (Å²) < 4.78 is 15.6. The van der Waals surface area contributed by atoms with Crippen molar-refractivity contribution in [2.24, 2.45) is 0 Å². The molecule has 3 rings (SSSR count). The van der Waals surface area contributed by atoms with E-state index in [1.54, 1.807) is 43.5 Å². The molecule has 1 aliphatic heterocycles. The number of ketones is 1. The van der Waals surface area contributed by atoms with Crippen molar-refractivity contribution < 1.29 is 23.8 Å². The van der Waals surface area contributed by atoms with Crippen LogP contribution in [0, 0.1) is 0 Å². The van der Waals surface area contributed by atoms with Crippen molar-refractivity contribution in [3.05, 3.63) is 42.0 Å². The average molecular weight is 313 g/mol. The van der Waals surface area contributed by atoms with Crippen LogP contribution in [0.25, 0.3) is 0 Å². The first-order valence-corrected chi connectivity index (χ1v) is 6.89. The fraction of sp³-hybridized carbons (Fsp3) is 0.176. The summed E-state index contributed by atoms with van der Waals surface area (Å²) in [6.07, 6.45) is 0. The number of methoxy groups -OCH3 is 3. The topological polar surface area (TPSA) is 65.1 Å². The number of anilines is 2. The van der Waals surface area contributed by atoms with Crippen molar-refractivity contribution in [1.82, 2.24) is 0 Å². The van der Waals surface area contributed by atoms with E-state index >= 15 is 0 Å². The van der Waals surface area contributed by atoms with E-state index in [2.05, 4.69) is 0 Å².